The van der Waals surface area contributed by atoms with Crippen LogP contribution in [0.5, 0.6) is 11.5 Å². The molecule has 2 aromatic rings. The molecule has 35 heavy (non-hydrogen) atoms. The Balaban J connectivity index is 1.50. The summed E-state index contributed by atoms with van der Waals surface area (Å²) in [6.45, 7) is 11.0. The molecule has 1 unspecified atom stereocenters. The molecule has 0 saturated heterocycles. The molecule has 1 atom stereocenters. The molecule has 2 heterocycles. The van der Waals surface area contributed by atoms with Gasteiger partial charge in [-0.1, -0.05) is 6.92 Å². The van der Waals surface area contributed by atoms with E-state index in [0.717, 1.165) is 49.0 Å². The molecule has 7 nitrogen and oxygen atoms in total. The maximum atomic E-state index is 13.1. The number of H-pyrrole nitrogens is 1. The molecule has 4 rings (SSSR count). The van der Waals surface area contributed by atoms with E-state index in [-0.39, 0.29) is 23.9 Å². The predicted octanol–water partition coefficient (Wildman–Crippen LogP) is 4.99. The van der Waals surface area contributed by atoms with Gasteiger partial charge in [-0.15, -0.1) is 0 Å². The second kappa shape index (κ2) is 9.97. The Bertz CT molecular complexity index is 1190. The molecular weight excluding hydrogens is 510 g/mol. The smallest absolute Gasteiger partial charge is 0.253 e. The van der Waals surface area contributed by atoms with Gasteiger partial charge in [0.1, 0.15) is 0 Å². The van der Waals surface area contributed by atoms with E-state index < -0.39 is 5.79 Å². The van der Waals surface area contributed by atoms with Crippen LogP contribution in [-0.4, -0.2) is 41.2 Å². The number of rotatable bonds is 6. The van der Waals surface area contributed by atoms with E-state index in [4.69, 9.17) is 9.47 Å². The van der Waals surface area contributed by atoms with E-state index in [2.05, 4.69) is 45.1 Å². The van der Waals surface area contributed by atoms with Crippen LogP contribution in [0.15, 0.2) is 21.4 Å². The summed E-state index contributed by atoms with van der Waals surface area (Å²) < 4.78 is 13.6. The van der Waals surface area contributed by atoms with Crippen LogP contribution in [0.1, 0.15) is 72.3 Å². The molecule has 0 bridgehead atoms. The van der Waals surface area contributed by atoms with Gasteiger partial charge in [-0.2, -0.15) is 0 Å². The molecule has 0 radical (unpaired) electrons. The molecule has 8 heteroatoms. The minimum atomic E-state index is -0.757. The van der Waals surface area contributed by atoms with E-state index in [9.17, 15) is 9.59 Å². The number of nitrogens with one attached hydrogen (secondary N) is 2. The third kappa shape index (κ3) is 5.00. The number of pyridine rings is 1. The van der Waals surface area contributed by atoms with Gasteiger partial charge in [0.2, 0.25) is 0 Å². The van der Waals surface area contributed by atoms with Gasteiger partial charge in [-0.3, -0.25) is 9.59 Å². The van der Waals surface area contributed by atoms with Crippen LogP contribution in [0.2, 0.25) is 0 Å². The van der Waals surface area contributed by atoms with Gasteiger partial charge in [0.05, 0.1) is 4.47 Å². The molecule has 1 saturated carbocycles. The fourth-order valence-corrected chi connectivity index (χ4v) is 5.90. The number of nitrogens with zero attached hydrogens (tertiary/aromatic N) is 1. The number of hydrogen-bond acceptors (Lipinski definition) is 5. The number of hydrogen-bond donors (Lipinski definition) is 2. The zero-order valence-electron chi connectivity index (χ0n) is 21.5. The number of carbonyl (C=O) groups excluding carboxylic acids is 1. The molecule has 1 fully saturated rings. The van der Waals surface area contributed by atoms with Crippen molar-refractivity contribution in [1.82, 2.24) is 15.2 Å². The maximum Gasteiger partial charge on any atom is 0.253 e. The highest BCUT2D eigenvalue weighted by atomic mass is 79.9. The molecule has 2 aliphatic rings. The lowest BCUT2D eigenvalue weighted by molar-refractivity contribution is -0.123. The van der Waals surface area contributed by atoms with Crippen LogP contribution in [0.3, 0.4) is 0 Å². The van der Waals surface area contributed by atoms with Crippen LogP contribution in [-0.2, 0) is 6.54 Å². The van der Waals surface area contributed by atoms with Gasteiger partial charge in [-0.25, -0.2) is 0 Å². The third-order valence-corrected chi connectivity index (χ3v) is 8.36. The summed E-state index contributed by atoms with van der Waals surface area (Å²) in [5.74, 6) is 0.526. The van der Waals surface area contributed by atoms with E-state index in [1.807, 2.05) is 33.8 Å². The number of fused-ring (bicyclic) bond motifs is 1. The Morgan fingerprint density at radius 3 is 2.46 bits per heavy atom. The Hall–Kier alpha value is -2.32. The number of carbonyl (C=O) groups is 1. The molecule has 1 aliphatic carbocycles. The summed E-state index contributed by atoms with van der Waals surface area (Å²) in [6.07, 6.45) is 4.32. The lowest BCUT2D eigenvalue weighted by Crippen LogP contribution is -2.47. The van der Waals surface area contributed by atoms with E-state index >= 15 is 0 Å². The monoisotopic (exact) mass is 545 g/mol. The second-order valence-electron chi connectivity index (χ2n) is 10.1. The summed E-state index contributed by atoms with van der Waals surface area (Å²) in [5, 5.41) is 2.90. The van der Waals surface area contributed by atoms with Crippen LogP contribution in [0.25, 0.3) is 0 Å². The fraction of sp³-hybridized carbons (Fsp3) is 0.556. The molecule has 0 spiro atoms. The molecule has 190 valence electrons. The highest BCUT2D eigenvalue weighted by Gasteiger charge is 2.47. The molecule has 1 aromatic heterocycles. The zero-order valence-corrected chi connectivity index (χ0v) is 23.1. The molecule has 1 aromatic carbocycles. The first-order chi connectivity index (χ1) is 16.5. The number of benzene rings is 1. The minimum Gasteiger partial charge on any atom is -0.448 e. The largest absolute Gasteiger partial charge is 0.448 e. The molecule has 1 aliphatic heterocycles. The first kappa shape index (κ1) is 25.8. The number of amides is 1. The SMILES string of the molecule is CCN(C)C1CCC(C2(C)Oc3c(Br)cc(C(=O)NCc4c(C)cc(C)[nH]c4=O)c(C)c3O2)CC1. The van der Waals surface area contributed by atoms with Gasteiger partial charge in [0.15, 0.2) is 11.5 Å². The zero-order chi connectivity index (χ0) is 25.5. The molecular formula is C27H36BrN3O4. The van der Waals surface area contributed by atoms with E-state index in [1.165, 1.54) is 0 Å². The number of ether oxygens (including phenoxy) is 2. The van der Waals surface area contributed by atoms with Gasteiger partial charge >= 0.3 is 0 Å². The second-order valence-corrected chi connectivity index (χ2v) is 11.0. The molecule has 1 amide bonds. The van der Waals surface area contributed by atoms with Crippen LogP contribution in [0.4, 0.5) is 0 Å². The fourth-order valence-electron chi connectivity index (χ4n) is 5.41. The highest BCUT2D eigenvalue weighted by Crippen LogP contribution is 2.51. The topological polar surface area (TPSA) is 83.7 Å². The highest BCUT2D eigenvalue weighted by molar-refractivity contribution is 9.10. The van der Waals surface area contributed by atoms with Crippen molar-refractivity contribution in [3.8, 4) is 11.5 Å². The van der Waals surface area contributed by atoms with Crippen molar-refractivity contribution in [2.24, 2.45) is 5.92 Å². The number of aromatic nitrogens is 1. The average Bonchev–Trinajstić information content (AvgIpc) is 3.20. The van der Waals surface area contributed by atoms with Gasteiger partial charge in [0, 0.05) is 47.8 Å². The summed E-state index contributed by atoms with van der Waals surface area (Å²) >= 11 is 3.59. The van der Waals surface area contributed by atoms with Gasteiger partial charge in [-0.05, 0) is 93.7 Å². The van der Waals surface area contributed by atoms with E-state index in [0.29, 0.717) is 33.1 Å². The normalized spacial score (nSPS) is 23.5. The number of halogens is 1. The number of aromatic amines is 1. The van der Waals surface area contributed by atoms with Crippen molar-refractivity contribution in [3.05, 3.63) is 54.9 Å². The first-order valence-electron chi connectivity index (χ1n) is 12.4. The minimum absolute atomic E-state index is 0.152. The van der Waals surface area contributed by atoms with Crippen molar-refractivity contribution in [1.29, 1.82) is 0 Å². The summed E-state index contributed by atoms with van der Waals surface area (Å²) in [5.41, 5.74) is 3.26. The Kier molecular flexibility index (Phi) is 7.34. The summed E-state index contributed by atoms with van der Waals surface area (Å²) in [7, 11) is 2.19. The van der Waals surface area contributed by atoms with Crippen LogP contribution < -0.4 is 20.3 Å². The standard InChI is InChI=1S/C27H36BrN3O4/c1-7-31(6)19-10-8-18(9-11-19)27(5)34-23-17(4)20(13-22(28)24(23)35-27)25(32)29-14-21-15(2)12-16(3)30-26(21)33/h12-13,18-19H,7-11,14H2,1-6H3,(H,29,32)(H,30,33). The quantitative estimate of drug-likeness (QED) is 0.534. The summed E-state index contributed by atoms with van der Waals surface area (Å²) in [6, 6.07) is 4.29. The van der Waals surface area contributed by atoms with Gasteiger partial charge < -0.3 is 24.7 Å². The van der Waals surface area contributed by atoms with Crippen molar-refractivity contribution in [2.45, 2.75) is 78.7 Å². The van der Waals surface area contributed by atoms with E-state index in [1.54, 1.807) is 6.07 Å². The predicted molar refractivity (Wildman–Crippen MR) is 140 cm³/mol. The third-order valence-electron chi connectivity index (χ3n) is 7.77. The van der Waals surface area contributed by atoms with Crippen molar-refractivity contribution < 1.29 is 14.3 Å². The Morgan fingerprint density at radius 2 is 1.83 bits per heavy atom. The lowest BCUT2D eigenvalue weighted by Gasteiger charge is -2.39. The first-order valence-corrected chi connectivity index (χ1v) is 13.2. The molecule has 2 N–H and O–H groups in total. The van der Waals surface area contributed by atoms with Crippen molar-refractivity contribution >= 4 is 21.8 Å². The maximum absolute atomic E-state index is 13.1. The Labute approximate surface area is 215 Å². The average molecular weight is 547 g/mol. The number of aryl methyl sites for hydroxylation is 2. The lowest BCUT2D eigenvalue weighted by atomic mass is 9.81. The Morgan fingerprint density at radius 1 is 1.17 bits per heavy atom. The van der Waals surface area contributed by atoms with Crippen LogP contribution in [0, 0.1) is 26.7 Å². The van der Waals surface area contributed by atoms with Crippen molar-refractivity contribution in [3.63, 3.8) is 0 Å². The van der Waals surface area contributed by atoms with Crippen LogP contribution >= 0.6 is 15.9 Å². The summed E-state index contributed by atoms with van der Waals surface area (Å²) in [4.78, 5) is 30.7. The van der Waals surface area contributed by atoms with Crippen molar-refractivity contribution in [2.75, 3.05) is 13.6 Å². The van der Waals surface area contributed by atoms with Gasteiger partial charge in [0.25, 0.3) is 17.3 Å².